The summed E-state index contributed by atoms with van der Waals surface area (Å²) in [5.41, 5.74) is 0. The minimum atomic E-state index is -0.468. The first kappa shape index (κ1) is 9.47. The molecule has 0 saturated heterocycles. The van der Waals surface area contributed by atoms with E-state index in [1.807, 2.05) is 18.2 Å². The fourth-order valence-electron chi connectivity index (χ4n) is 0.817. The Hall–Kier alpha value is -1.53. The highest BCUT2D eigenvalue weighted by Gasteiger charge is 2.22. The van der Waals surface area contributed by atoms with E-state index in [1.54, 1.807) is 13.8 Å². The summed E-state index contributed by atoms with van der Waals surface area (Å²) >= 11 is 0. The van der Waals surface area contributed by atoms with E-state index >= 15 is 0 Å². The molecule has 0 aliphatic carbocycles. The van der Waals surface area contributed by atoms with Gasteiger partial charge in [0, 0.05) is 0 Å². The third kappa shape index (κ3) is 2.28. The Morgan fingerprint density at radius 1 is 0.818 bits per heavy atom. The maximum Gasteiger partial charge on any atom is 0.0774 e. The van der Waals surface area contributed by atoms with Crippen LogP contribution in [-0.4, -0.2) is 0 Å². The zero-order valence-electron chi connectivity index (χ0n) is 6.57. The van der Waals surface area contributed by atoms with Gasteiger partial charge in [-0.05, 0) is 13.8 Å². The van der Waals surface area contributed by atoms with Crippen LogP contribution in [0.25, 0.3) is 0 Å². The Morgan fingerprint density at radius 3 is 1.36 bits per heavy atom. The lowest BCUT2D eigenvalue weighted by Gasteiger charge is -2.11. The van der Waals surface area contributed by atoms with Gasteiger partial charge >= 0.3 is 0 Å². The molecule has 0 bridgehead atoms. The van der Waals surface area contributed by atoms with Crippen molar-refractivity contribution in [2.75, 3.05) is 0 Å². The van der Waals surface area contributed by atoms with Crippen LogP contribution >= 0.6 is 0 Å². The fourth-order valence-corrected chi connectivity index (χ4v) is 0.817. The third-order valence-electron chi connectivity index (χ3n) is 1.63. The molecule has 0 radical (unpaired) electrons. The average molecular weight is 147 g/mol. The fraction of sp³-hybridized carbons (Fsp3) is 0.625. The van der Waals surface area contributed by atoms with Crippen molar-refractivity contribution in [3.05, 3.63) is 0 Å². The molecule has 0 aromatic carbocycles. The van der Waals surface area contributed by atoms with Gasteiger partial charge < -0.3 is 0 Å². The molecule has 0 aliphatic rings. The van der Waals surface area contributed by atoms with Crippen molar-refractivity contribution in [1.82, 2.24) is 0 Å². The predicted octanol–water partition coefficient (Wildman–Crippen LogP) is 1.45. The molecular weight excluding hydrogens is 138 g/mol. The predicted molar refractivity (Wildman–Crippen MR) is 38.7 cm³/mol. The summed E-state index contributed by atoms with van der Waals surface area (Å²) in [5, 5.41) is 25.5. The van der Waals surface area contributed by atoms with Crippen molar-refractivity contribution >= 4 is 0 Å². The molecular formula is C8H9N3. The van der Waals surface area contributed by atoms with E-state index in [4.69, 9.17) is 15.8 Å². The van der Waals surface area contributed by atoms with Crippen LogP contribution in [0.4, 0.5) is 0 Å². The lowest BCUT2D eigenvalue weighted by Crippen LogP contribution is -2.15. The molecule has 3 heteroatoms. The van der Waals surface area contributed by atoms with Gasteiger partial charge in [0.1, 0.15) is 0 Å². The summed E-state index contributed by atoms with van der Waals surface area (Å²) in [4.78, 5) is 0. The maximum absolute atomic E-state index is 8.58. The first-order valence-corrected chi connectivity index (χ1v) is 3.36. The van der Waals surface area contributed by atoms with Gasteiger partial charge in [-0.15, -0.1) is 0 Å². The molecule has 0 N–H and O–H groups in total. The standard InChI is InChI=1S/C8H9N3/c1-6(3-9)8(5-11)7(2)4-10/h6-8H,1-2H3. The molecule has 0 aliphatic heterocycles. The quantitative estimate of drug-likeness (QED) is 0.593. The number of hydrogen-bond acceptors (Lipinski definition) is 3. The zero-order chi connectivity index (χ0) is 8.85. The van der Waals surface area contributed by atoms with E-state index in [-0.39, 0.29) is 11.8 Å². The summed E-state index contributed by atoms with van der Waals surface area (Å²) in [7, 11) is 0. The molecule has 3 nitrogen and oxygen atoms in total. The van der Waals surface area contributed by atoms with Gasteiger partial charge in [0.25, 0.3) is 0 Å². The van der Waals surface area contributed by atoms with Crippen molar-refractivity contribution < 1.29 is 0 Å². The third-order valence-corrected chi connectivity index (χ3v) is 1.63. The van der Waals surface area contributed by atoms with Crippen LogP contribution in [0.2, 0.25) is 0 Å². The van der Waals surface area contributed by atoms with Crippen LogP contribution in [0.5, 0.6) is 0 Å². The van der Waals surface area contributed by atoms with Gasteiger partial charge in [-0.1, -0.05) is 0 Å². The number of nitriles is 3. The normalized spacial score (nSPS) is 16.6. The molecule has 0 saturated carbocycles. The second kappa shape index (κ2) is 4.31. The zero-order valence-corrected chi connectivity index (χ0v) is 6.57. The highest BCUT2D eigenvalue weighted by Crippen LogP contribution is 2.18. The monoisotopic (exact) mass is 147 g/mol. The summed E-state index contributed by atoms with van der Waals surface area (Å²) in [6.07, 6.45) is 0. The van der Waals surface area contributed by atoms with E-state index < -0.39 is 5.92 Å². The summed E-state index contributed by atoms with van der Waals surface area (Å²) in [6.45, 7) is 3.31. The topological polar surface area (TPSA) is 71.4 Å². The Labute approximate surface area is 66.5 Å². The molecule has 0 aromatic heterocycles. The smallest absolute Gasteiger partial charge is 0.0774 e. The molecule has 0 spiro atoms. The highest BCUT2D eigenvalue weighted by molar-refractivity contribution is 5.03. The Morgan fingerprint density at radius 2 is 1.18 bits per heavy atom. The van der Waals surface area contributed by atoms with Crippen LogP contribution in [0.1, 0.15) is 13.8 Å². The van der Waals surface area contributed by atoms with Crippen LogP contribution in [-0.2, 0) is 0 Å². The van der Waals surface area contributed by atoms with Crippen LogP contribution < -0.4 is 0 Å². The minimum Gasteiger partial charge on any atom is -0.198 e. The summed E-state index contributed by atoms with van der Waals surface area (Å²) in [6, 6.07) is 5.87. The van der Waals surface area contributed by atoms with Gasteiger partial charge in [0.05, 0.1) is 36.0 Å². The molecule has 0 aromatic rings. The maximum atomic E-state index is 8.58. The molecule has 2 unspecified atom stereocenters. The first-order chi connectivity index (χ1) is 5.17. The lowest BCUT2D eigenvalue weighted by molar-refractivity contribution is 0.443. The van der Waals surface area contributed by atoms with Gasteiger partial charge in [-0.2, -0.15) is 15.8 Å². The number of rotatable bonds is 2. The Bertz CT molecular complexity index is 218. The van der Waals surface area contributed by atoms with E-state index in [9.17, 15) is 0 Å². The van der Waals surface area contributed by atoms with Crippen LogP contribution in [0, 0.1) is 51.7 Å². The van der Waals surface area contributed by atoms with Crippen molar-refractivity contribution in [2.24, 2.45) is 17.8 Å². The molecule has 11 heavy (non-hydrogen) atoms. The van der Waals surface area contributed by atoms with Gasteiger partial charge in [-0.3, -0.25) is 0 Å². The van der Waals surface area contributed by atoms with Crippen molar-refractivity contribution in [1.29, 1.82) is 15.8 Å². The average Bonchev–Trinajstić information content (AvgIpc) is 2.05. The molecule has 56 valence electrons. The van der Waals surface area contributed by atoms with Gasteiger partial charge in [-0.25, -0.2) is 0 Å². The largest absolute Gasteiger partial charge is 0.198 e. The second-order valence-electron chi connectivity index (χ2n) is 2.49. The summed E-state index contributed by atoms with van der Waals surface area (Å²) < 4.78 is 0. The highest BCUT2D eigenvalue weighted by atomic mass is 14.4. The molecule has 0 rings (SSSR count). The van der Waals surface area contributed by atoms with Crippen molar-refractivity contribution in [3.8, 4) is 18.2 Å². The number of hydrogen-bond donors (Lipinski definition) is 0. The van der Waals surface area contributed by atoms with Gasteiger partial charge in [0.15, 0.2) is 0 Å². The first-order valence-electron chi connectivity index (χ1n) is 3.36. The van der Waals surface area contributed by atoms with Crippen LogP contribution in [0.3, 0.4) is 0 Å². The Balaban J connectivity index is 4.37. The number of nitrogens with zero attached hydrogens (tertiary/aromatic N) is 3. The molecule has 0 heterocycles. The molecule has 0 fully saturated rings. The van der Waals surface area contributed by atoms with E-state index in [0.717, 1.165) is 0 Å². The summed E-state index contributed by atoms with van der Waals surface area (Å²) in [5.74, 6) is -1.20. The minimum absolute atomic E-state index is 0.366. The van der Waals surface area contributed by atoms with Crippen LogP contribution in [0.15, 0.2) is 0 Å². The van der Waals surface area contributed by atoms with Crippen molar-refractivity contribution in [3.63, 3.8) is 0 Å². The van der Waals surface area contributed by atoms with E-state index in [1.165, 1.54) is 0 Å². The molecule has 2 atom stereocenters. The van der Waals surface area contributed by atoms with E-state index in [0.29, 0.717) is 0 Å². The SMILES string of the molecule is CC(C#N)C(C#N)C(C)C#N. The van der Waals surface area contributed by atoms with E-state index in [2.05, 4.69) is 0 Å². The molecule has 0 amide bonds. The Kier molecular flexibility index (Phi) is 3.71. The second-order valence-corrected chi connectivity index (χ2v) is 2.49. The van der Waals surface area contributed by atoms with Gasteiger partial charge in [0.2, 0.25) is 0 Å². The van der Waals surface area contributed by atoms with Crippen molar-refractivity contribution in [2.45, 2.75) is 13.8 Å². The lowest BCUT2D eigenvalue weighted by atomic mass is 9.86.